The van der Waals surface area contributed by atoms with E-state index in [2.05, 4.69) is 20.9 Å². The molecule has 0 aromatic carbocycles. The zero-order valence-electron chi connectivity index (χ0n) is 8.84. The van der Waals surface area contributed by atoms with Crippen LogP contribution in [0.3, 0.4) is 0 Å². The Morgan fingerprint density at radius 2 is 2.00 bits per heavy atom. The third-order valence-electron chi connectivity index (χ3n) is 2.32. The van der Waals surface area contributed by atoms with Crippen molar-refractivity contribution >= 4 is 21.6 Å². The Morgan fingerprint density at radius 1 is 1.41 bits per heavy atom. The summed E-state index contributed by atoms with van der Waals surface area (Å²) in [5.41, 5.74) is -1.47. The Kier molecular flexibility index (Phi) is 2.57. The first kappa shape index (κ1) is 12.2. The fraction of sp³-hybridized carbons (Fsp3) is 0.333. The lowest BCUT2D eigenvalue weighted by atomic mass is 10.3. The maximum absolute atomic E-state index is 12.6. The van der Waals surface area contributed by atoms with Crippen LogP contribution in [-0.4, -0.2) is 14.2 Å². The standard InChI is InChI=1S/C9H7BrF3N3O/c1-4-3-15(2)16-7(4)14-6(9(11,12)13)5(10)8(16)17/h3H,1-2H3. The molecule has 0 amide bonds. The number of fused-ring (bicyclic) bond motifs is 1. The number of aryl methyl sites for hydroxylation is 2. The van der Waals surface area contributed by atoms with Gasteiger partial charge in [0.05, 0.1) is 0 Å². The summed E-state index contributed by atoms with van der Waals surface area (Å²) in [6.07, 6.45) is -3.12. The van der Waals surface area contributed by atoms with E-state index in [0.717, 1.165) is 4.52 Å². The van der Waals surface area contributed by atoms with Gasteiger partial charge >= 0.3 is 6.18 Å². The van der Waals surface area contributed by atoms with E-state index in [1.54, 1.807) is 14.0 Å². The zero-order chi connectivity index (χ0) is 13.0. The summed E-state index contributed by atoms with van der Waals surface area (Å²) in [6, 6.07) is 0. The maximum atomic E-state index is 12.6. The minimum Gasteiger partial charge on any atom is -0.287 e. The van der Waals surface area contributed by atoms with Crippen LogP contribution in [0, 0.1) is 6.92 Å². The van der Waals surface area contributed by atoms with Gasteiger partial charge in [-0.1, -0.05) is 0 Å². The van der Waals surface area contributed by atoms with Crippen LogP contribution in [0.5, 0.6) is 0 Å². The van der Waals surface area contributed by atoms with Gasteiger partial charge in [-0.25, -0.2) is 4.98 Å². The summed E-state index contributed by atoms with van der Waals surface area (Å²) in [6.45, 7) is 1.59. The molecule has 0 aliphatic heterocycles. The minimum absolute atomic E-state index is 0.00743. The lowest BCUT2D eigenvalue weighted by Gasteiger charge is -2.08. The average molecular weight is 310 g/mol. The van der Waals surface area contributed by atoms with E-state index in [1.807, 2.05) is 0 Å². The van der Waals surface area contributed by atoms with Gasteiger partial charge < -0.3 is 0 Å². The summed E-state index contributed by atoms with van der Waals surface area (Å²) >= 11 is 2.65. The molecule has 0 saturated carbocycles. The predicted octanol–water partition coefficient (Wildman–Crippen LogP) is 2.12. The molecular weight excluding hydrogens is 303 g/mol. The van der Waals surface area contributed by atoms with Crippen molar-refractivity contribution in [1.82, 2.24) is 14.2 Å². The Morgan fingerprint density at radius 3 is 2.53 bits per heavy atom. The minimum atomic E-state index is -4.66. The van der Waals surface area contributed by atoms with Crippen LogP contribution in [0.25, 0.3) is 5.65 Å². The van der Waals surface area contributed by atoms with Crippen LogP contribution in [-0.2, 0) is 13.2 Å². The third-order valence-corrected chi connectivity index (χ3v) is 3.04. The second-order valence-electron chi connectivity index (χ2n) is 3.60. The molecule has 4 nitrogen and oxygen atoms in total. The highest BCUT2D eigenvalue weighted by molar-refractivity contribution is 9.10. The predicted molar refractivity (Wildman–Crippen MR) is 57.9 cm³/mol. The third kappa shape index (κ3) is 1.76. The second kappa shape index (κ2) is 3.59. The van der Waals surface area contributed by atoms with Gasteiger partial charge in [0.1, 0.15) is 4.47 Å². The molecule has 17 heavy (non-hydrogen) atoms. The van der Waals surface area contributed by atoms with Gasteiger partial charge in [0.15, 0.2) is 11.3 Å². The van der Waals surface area contributed by atoms with Gasteiger partial charge in [-0.2, -0.15) is 17.7 Å². The monoisotopic (exact) mass is 309 g/mol. The highest BCUT2D eigenvalue weighted by Crippen LogP contribution is 2.32. The van der Waals surface area contributed by atoms with Crippen molar-refractivity contribution in [3.63, 3.8) is 0 Å². The quantitative estimate of drug-likeness (QED) is 0.748. The second-order valence-corrected chi connectivity index (χ2v) is 4.39. The first-order chi connectivity index (χ1) is 7.73. The molecule has 0 N–H and O–H groups in total. The van der Waals surface area contributed by atoms with Crippen molar-refractivity contribution in [2.24, 2.45) is 7.05 Å². The Labute approximate surface area is 102 Å². The molecule has 0 aliphatic carbocycles. The molecule has 2 aromatic heterocycles. The number of alkyl halides is 3. The normalized spacial score (nSPS) is 12.4. The van der Waals surface area contributed by atoms with Crippen LogP contribution in [0.4, 0.5) is 13.2 Å². The molecule has 2 heterocycles. The number of nitrogens with zero attached hydrogens (tertiary/aromatic N) is 3. The number of halogens is 4. The highest BCUT2D eigenvalue weighted by atomic mass is 79.9. The molecule has 2 aromatic rings. The van der Waals surface area contributed by atoms with Gasteiger partial charge in [0.25, 0.3) is 5.56 Å². The van der Waals surface area contributed by atoms with Crippen LogP contribution in [0.15, 0.2) is 15.5 Å². The molecule has 0 fully saturated rings. The molecule has 0 saturated heterocycles. The fourth-order valence-corrected chi connectivity index (χ4v) is 2.11. The van der Waals surface area contributed by atoms with E-state index in [1.165, 1.54) is 10.9 Å². The molecule has 0 unspecified atom stereocenters. The Balaban J connectivity index is 2.98. The van der Waals surface area contributed by atoms with Crippen LogP contribution in [0.1, 0.15) is 11.3 Å². The average Bonchev–Trinajstić information content (AvgIpc) is 2.46. The molecular formula is C9H7BrF3N3O. The first-order valence-electron chi connectivity index (χ1n) is 4.55. The molecule has 0 spiro atoms. The van der Waals surface area contributed by atoms with E-state index in [4.69, 9.17) is 0 Å². The number of hydrogen-bond acceptors (Lipinski definition) is 2. The number of rotatable bonds is 0. The molecule has 0 aliphatic rings. The van der Waals surface area contributed by atoms with Crippen molar-refractivity contribution in [3.05, 3.63) is 32.3 Å². The topological polar surface area (TPSA) is 39.3 Å². The van der Waals surface area contributed by atoms with E-state index < -0.39 is 21.9 Å². The van der Waals surface area contributed by atoms with Gasteiger partial charge in [-0.15, -0.1) is 0 Å². The van der Waals surface area contributed by atoms with Crippen molar-refractivity contribution < 1.29 is 13.2 Å². The lowest BCUT2D eigenvalue weighted by Crippen LogP contribution is -2.25. The van der Waals surface area contributed by atoms with Crippen LogP contribution >= 0.6 is 15.9 Å². The smallest absolute Gasteiger partial charge is 0.287 e. The van der Waals surface area contributed by atoms with Gasteiger partial charge in [0, 0.05) is 18.8 Å². The van der Waals surface area contributed by atoms with Gasteiger partial charge in [-0.05, 0) is 22.9 Å². The molecule has 92 valence electrons. The van der Waals surface area contributed by atoms with E-state index in [0.29, 0.717) is 5.56 Å². The van der Waals surface area contributed by atoms with Crippen LogP contribution < -0.4 is 5.56 Å². The van der Waals surface area contributed by atoms with Crippen LogP contribution in [0.2, 0.25) is 0 Å². The zero-order valence-corrected chi connectivity index (χ0v) is 10.4. The number of hydrogen-bond donors (Lipinski definition) is 0. The molecule has 0 bridgehead atoms. The summed E-state index contributed by atoms with van der Waals surface area (Å²) in [7, 11) is 1.56. The maximum Gasteiger partial charge on any atom is 0.434 e. The fourth-order valence-electron chi connectivity index (χ4n) is 1.62. The summed E-state index contributed by atoms with van der Waals surface area (Å²) in [4.78, 5) is 15.3. The Hall–Kier alpha value is -1.31. The van der Waals surface area contributed by atoms with Crippen molar-refractivity contribution in [2.75, 3.05) is 0 Å². The molecule has 0 atom stereocenters. The van der Waals surface area contributed by atoms with E-state index >= 15 is 0 Å². The van der Waals surface area contributed by atoms with E-state index in [-0.39, 0.29) is 5.65 Å². The number of aromatic nitrogens is 3. The molecule has 0 radical (unpaired) electrons. The van der Waals surface area contributed by atoms with Crippen molar-refractivity contribution in [3.8, 4) is 0 Å². The summed E-state index contributed by atoms with van der Waals surface area (Å²) in [5.74, 6) is 0. The van der Waals surface area contributed by atoms with Crippen molar-refractivity contribution in [1.29, 1.82) is 0 Å². The van der Waals surface area contributed by atoms with Gasteiger partial charge in [0.2, 0.25) is 0 Å². The molecule has 8 heteroatoms. The largest absolute Gasteiger partial charge is 0.434 e. The summed E-state index contributed by atoms with van der Waals surface area (Å²) < 4.78 is 39.8. The van der Waals surface area contributed by atoms with Gasteiger partial charge in [-0.3, -0.25) is 9.48 Å². The summed E-state index contributed by atoms with van der Waals surface area (Å²) in [5, 5.41) is 0. The van der Waals surface area contributed by atoms with E-state index in [9.17, 15) is 18.0 Å². The molecule has 2 rings (SSSR count). The SMILES string of the molecule is Cc1cn(C)n2c(=O)c(Br)c(C(F)(F)F)nc12. The Bertz CT molecular complexity index is 656. The highest BCUT2D eigenvalue weighted by Gasteiger charge is 2.37. The van der Waals surface area contributed by atoms with Crippen molar-refractivity contribution in [2.45, 2.75) is 13.1 Å². The first-order valence-corrected chi connectivity index (χ1v) is 5.34. The lowest BCUT2D eigenvalue weighted by molar-refractivity contribution is -0.141.